The molecule has 2 fully saturated rings. The summed E-state index contributed by atoms with van der Waals surface area (Å²) in [6.07, 6.45) is 6.53. The van der Waals surface area contributed by atoms with Crippen LogP contribution in [0.4, 0.5) is 9.59 Å². The van der Waals surface area contributed by atoms with E-state index >= 15 is 0 Å². The Kier molecular flexibility index (Phi) is 11.0. The number of ether oxygens (including phenoxy) is 2. The standard InChI is InChI=1S/2C15H11NO4S.H3P/c2*17-14-13(21-15(18)16-14)8-10-3-5-11(6-4-10)20-9-12-2-1-7-19-12;/h2*1-8H,9H2,(H,16,17,18);1H3. The van der Waals surface area contributed by atoms with Crippen molar-refractivity contribution in [2.24, 2.45) is 0 Å². The van der Waals surface area contributed by atoms with Crippen LogP contribution in [0.25, 0.3) is 12.2 Å². The smallest absolute Gasteiger partial charge is 0.290 e. The van der Waals surface area contributed by atoms with Crippen molar-refractivity contribution < 1.29 is 37.5 Å². The third kappa shape index (κ3) is 9.24. The number of carbonyl (C=O) groups is 4. The number of thioether (sulfide) groups is 2. The van der Waals surface area contributed by atoms with Crippen LogP contribution in [0.5, 0.6) is 11.5 Å². The summed E-state index contributed by atoms with van der Waals surface area (Å²) in [5.41, 5.74) is 1.65. The molecule has 2 N–H and O–H groups in total. The summed E-state index contributed by atoms with van der Waals surface area (Å²) in [4.78, 5) is 45.8. The summed E-state index contributed by atoms with van der Waals surface area (Å²) in [6.45, 7) is 0.723. The largest absolute Gasteiger partial charge is 0.486 e. The van der Waals surface area contributed by atoms with E-state index < -0.39 is 0 Å². The van der Waals surface area contributed by atoms with Gasteiger partial charge in [0.15, 0.2) is 0 Å². The molecule has 2 aliphatic rings. The molecule has 13 heteroatoms. The zero-order valence-electron chi connectivity index (χ0n) is 22.4. The molecule has 0 bridgehead atoms. The molecule has 0 saturated carbocycles. The van der Waals surface area contributed by atoms with Crippen molar-refractivity contribution in [2.75, 3.05) is 0 Å². The fourth-order valence-electron chi connectivity index (χ4n) is 3.56. The van der Waals surface area contributed by atoms with Gasteiger partial charge < -0.3 is 18.3 Å². The van der Waals surface area contributed by atoms with Crippen molar-refractivity contribution in [3.8, 4) is 11.5 Å². The lowest BCUT2D eigenvalue weighted by atomic mass is 10.2. The second-order valence-electron chi connectivity index (χ2n) is 8.58. The summed E-state index contributed by atoms with van der Waals surface area (Å²) >= 11 is 1.80. The first-order valence-electron chi connectivity index (χ1n) is 12.4. The monoisotopic (exact) mass is 636 g/mol. The fourth-order valence-corrected chi connectivity index (χ4v) is 4.93. The minimum absolute atomic E-state index is 0. The van der Waals surface area contributed by atoms with Gasteiger partial charge in [-0.1, -0.05) is 24.3 Å². The average Bonchev–Trinajstić information content (AvgIpc) is 3.79. The Morgan fingerprint density at radius 1 is 0.605 bits per heavy atom. The highest BCUT2D eigenvalue weighted by Crippen LogP contribution is 2.27. The molecule has 4 heterocycles. The molecule has 0 spiro atoms. The van der Waals surface area contributed by atoms with Gasteiger partial charge in [-0.15, -0.1) is 0 Å². The van der Waals surface area contributed by atoms with Gasteiger partial charge in [0.25, 0.3) is 22.3 Å². The van der Waals surface area contributed by atoms with E-state index in [0.717, 1.165) is 46.2 Å². The molecule has 220 valence electrons. The number of hydrogen-bond donors (Lipinski definition) is 2. The maximum atomic E-state index is 11.4. The molecule has 0 aliphatic carbocycles. The van der Waals surface area contributed by atoms with E-state index in [1.807, 2.05) is 36.4 Å². The van der Waals surface area contributed by atoms with Crippen LogP contribution in [-0.2, 0) is 22.8 Å². The van der Waals surface area contributed by atoms with E-state index in [-0.39, 0.29) is 32.2 Å². The second kappa shape index (κ2) is 15.1. The number of rotatable bonds is 8. The lowest BCUT2D eigenvalue weighted by Gasteiger charge is -2.04. The van der Waals surface area contributed by atoms with Crippen LogP contribution in [0.2, 0.25) is 0 Å². The summed E-state index contributed by atoms with van der Waals surface area (Å²) in [5.74, 6) is 2.19. The third-order valence-electron chi connectivity index (χ3n) is 5.56. The molecule has 0 radical (unpaired) electrons. The first-order chi connectivity index (χ1) is 20.4. The number of hydrogen-bond acceptors (Lipinski definition) is 10. The zero-order chi connectivity index (χ0) is 29.3. The molecule has 10 nitrogen and oxygen atoms in total. The topological polar surface area (TPSA) is 137 Å². The van der Waals surface area contributed by atoms with Crippen molar-refractivity contribution in [1.82, 2.24) is 10.6 Å². The van der Waals surface area contributed by atoms with Gasteiger partial charge in [-0.05, 0) is 95.3 Å². The molecule has 2 saturated heterocycles. The van der Waals surface area contributed by atoms with E-state index in [1.54, 1.807) is 61.1 Å². The van der Waals surface area contributed by atoms with Crippen LogP contribution in [0.15, 0.2) is 104 Å². The highest BCUT2D eigenvalue weighted by atomic mass is 32.2. The number of benzene rings is 2. The number of amides is 4. The number of nitrogens with one attached hydrogen (secondary N) is 2. The predicted molar refractivity (Wildman–Crippen MR) is 168 cm³/mol. The molecule has 1 atom stereocenters. The first kappa shape index (κ1) is 31.4. The van der Waals surface area contributed by atoms with Crippen LogP contribution in [0.3, 0.4) is 0 Å². The quantitative estimate of drug-likeness (QED) is 0.165. The maximum absolute atomic E-state index is 11.4. The van der Waals surface area contributed by atoms with Crippen LogP contribution >= 0.6 is 33.4 Å². The van der Waals surface area contributed by atoms with Gasteiger partial charge in [0.2, 0.25) is 0 Å². The van der Waals surface area contributed by atoms with Crippen LogP contribution in [0.1, 0.15) is 22.6 Å². The van der Waals surface area contributed by atoms with Gasteiger partial charge in [0.05, 0.1) is 22.3 Å². The predicted octanol–water partition coefficient (Wildman–Crippen LogP) is 6.42. The maximum Gasteiger partial charge on any atom is 0.290 e. The Bertz CT molecular complexity index is 1510. The summed E-state index contributed by atoms with van der Waals surface area (Å²) in [7, 11) is 0. The van der Waals surface area contributed by atoms with Crippen molar-refractivity contribution in [3.63, 3.8) is 0 Å². The van der Waals surface area contributed by atoms with Crippen molar-refractivity contribution in [1.29, 1.82) is 0 Å². The molecule has 4 amide bonds. The van der Waals surface area contributed by atoms with Gasteiger partial charge in [-0.2, -0.15) is 9.90 Å². The summed E-state index contributed by atoms with van der Waals surface area (Å²) in [6, 6.07) is 21.8. The summed E-state index contributed by atoms with van der Waals surface area (Å²) < 4.78 is 21.5. The SMILES string of the molecule is O=C1NC(=O)C(=Cc2ccc(OCc3ccco3)cc2)S1.O=C1NC(=O)C(=Cc2ccc(OCc3ccco3)cc2)S1.P. The van der Waals surface area contributed by atoms with Gasteiger partial charge in [0.1, 0.15) is 36.2 Å². The highest BCUT2D eigenvalue weighted by molar-refractivity contribution is 8.18. The number of furan rings is 2. The average molecular weight is 637 g/mol. The molecule has 2 aromatic heterocycles. The van der Waals surface area contributed by atoms with Gasteiger partial charge in [-0.25, -0.2) is 0 Å². The van der Waals surface area contributed by atoms with E-state index in [2.05, 4.69) is 10.6 Å². The van der Waals surface area contributed by atoms with Crippen molar-refractivity contribution in [2.45, 2.75) is 13.2 Å². The Balaban J connectivity index is 0.000000192. The molecule has 2 aromatic carbocycles. The van der Waals surface area contributed by atoms with Gasteiger partial charge in [-0.3, -0.25) is 29.8 Å². The molecule has 4 aromatic rings. The highest BCUT2D eigenvalue weighted by Gasteiger charge is 2.25. The second-order valence-corrected chi connectivity index (χ2v) is 10.6. The van der Waals surface area contributed by atoms with E-state index in [4.69, 9.17) is 18.3 Å². The third-order valence-corrected chi connectivity index (χ3v) is 7.18. The molecule has 43 heavy (non-hydrogen) atoms. The van der Waals surface area contributed by atoms with Crippen LogP contribution in [-0.4, -0.2) is 22.3 Å². The molecular weight excluding hydrogens is 611 g/mol. The molecule has 6 rings (SSSR count). The molecular formula is C30H25N2O8PS2. The zero-order valence-corrected chi connectivity index (χ0v) is 25.5. The lowest BCUT2D eigenvalue weighted by Crippen LogP contribution is -2.17. The van der Waals surface area contributed by atoms with Crippen molar-refractivity contribution >= 4 is 67.9 Å². The van der Waals surface area contributed by atoms with Crippen molar-refractivity contribution in [3.05, 3.63) is 118 Å². The number of carbonyl (C=O) groups excluding carboxylic acids is 4. The van der Waals surface area contributed by atoms with E-state index in [9.17, 15) is 19.2 Å². The normalized spacial score (nSPS) is 15.9. The minimum atomic E-state index is -0.358. The number of imide groups is 2. The van der Waals surface area contributed by atoms with Crippen LogP contribution in [0, 0.1) is 0 Å². The van der Waals surface area contributed by atoms with Gasteiger partial charge >= 0.3 is 0 Å². The Morgan fingerprint density at radius 3 is 1.30 bits per heavy atom. The van der Waals surface area contributed by atoms with Crippen LogP contribution < -0.4 is 20.1 Å². The summed E-state index contributed by atoms with van der Waals surface area (Å²) in [5, 5.41) is 3.75. The fraction of sp³-hybridized carbons (Fsp3) is 0.0667. The molecule has 1 unspecified atom stereocenters. The van der Waals surface area contributed by atoms with E-state index in [0.29, 0.717) is 34.5 Å². The molecule has 2 aliphatic heterocycles. The Labute approximate surface area is 257 Å². The Hall–Kier alpha value is -4.51. The lowest BCUT2D eigenvalue weighted by molar-refractivity contribution is -0.116. The Morgan fingerprint density at radius 2 is 1.00 bits per heavy atom. The van der Waals surface area contributed by atoms with E-state index in [1.165, 1.54) is 0 Å². The van der Waals surface area contributed by atoms with Gasteiger partial charge in [0, 0.05) is 0 Å². The minimum Gasteiger partial charge on any atom is -0.486 e. The first-order valence-corrected chi connectivity index (χ1v) is 14.0.